The van der Waals surface area contributed by atoms with Crippen LogP contribution in [0.25, 0.3) is 0 Å². The van der Waals surface area contributed by atoms with Gasteiger partial charge in [0.05, 0.1) is 7.11 Å². The van der Waals surface area contributed by atoms with Gasteiger partial charge in [-0.2, -0.15) is 0 Å². The third kappa shape index (κ3) is 3.91. The SMILES string of the molecule is COc1cccc(N2CCN(C(O)CC[C@H]3NC(=O)NC3=O)CC2)c1C. The third-order valence-electron chi connectivity index (χ3n) is 5.12. The molecule has 2 fully saturated rings. The van der Waals surface area contributed by atoms with E-state index < -0.39 is 18.3 Å². The fourth-order valence-corrected chi connectivity index (χ4v) is 3.59. The first-order valence-corrected chi connectivity index (χ1v) is 8.91. The highest BCUT2D eigenvalue weighted by atomic mass is 16.5. The van der Waals surface area contributed by atoms with Crippen molar-refractivity contribution in [2.45, 2.75) is 32.0 Å². The standard InChI is InChI=1S/C18H26N4O4/c1-12-14(4-3-5-15(12)26-2)21-8-10-22(11-9-21)16(23)7-6-13-17(24)20-18(25)19-13/h3-5,13,16,23H,6-11H2,1-2H3,(H2,19,20,24,25)/t13-,16?/m1/s1. The molecule has 2 saturated heterocycles. The minimum atomic E-state index is -0.617. The van der Waals surface area contributed by atoms with E-state index in [1.54, 1.807) is 7.11 Å². The average Bonchev–Trinajstić information content (AvgIpc) is 2.97. The number of anilines is 1. The molecule has 0 bridgehead atoms. The lowest BCUT2D eigenvalue weighted by Gasteiger charge is -2.39. The molecule has 2 aliphatic rings. The topological polar surface area (TPSA) is 94.1 Å². The van der Waals surface area contributed by atoms with Gasteiger partial charge in [-0.1, -0.05) is 6.07 Å². The second-order valence-electron chi connectivity index (χ2n) is 6.70. The fraction of sp³-hybridized carbons (Fsp3) is 0.556. The number of carbonyl (C=O) groups is 2. The quantitative estimate of drug-likeness (QED) is 0.636. The average molecular weight is 362 g/mol. The van der Waals surface area contributed by atoms with E-state index in [4.69, 9.17) is 4.74 Å². The van der Waals surface area contributed by atoms with E-state index >= 15 is 0 Å². The minimum absolute atomic E-state index is 0.319. The zero-order chi connectivity index (χ0) is 18.7. The first kappa shape index (κ1) is 18.5. The Labute approximate surface area is 153 Å². The summed E-state index contributed by atoms with van der Waals surface area (Å²) < 4.78 is 5.39. The molecule has 142 valence electrons. The van der Waals surface area contributed by atoms with Gasteiger partial charge in [-0.25, -0.2) is 4.79 Å². The van der Waals surface area contributed by atoms with Gasteiger partial charge >= 0.3 is 6.03 Å². The van der Waals surface area contributed by atoms with Crippen LogP contribution in [0.15, 0.2) is 18.2 Å². The van der Waals surface area contributed by atoms with Crippen LogP contribution in [-0.2, 0) is 4.79 Å². The number of urea groups is 1. The minimum Gasteiger partial charge on any atom is -0.496 e. The number of rotatable bonds is 6. The Balaban J connectivity index is 1.50. The summed E-state index contributed by atoms with van der Waals surface area (Å²) in [6.07, 6.45) is 0.249. The number of methoxy groups -OCH3 is 1. The van der Waals surface area contributed by atoms with Crippen LogP contribution in [0.2, 0.25) is 0 Å². The van der Waals surface area contributed by atoms with Gasteiger partial charge in [-0.3, -0.25) is 15.0 Å². The van der Waals surface area contributed by atoms with Crippen molar-refractivity contribution in [3.05, 3.63) is 23.8 Å². The van der Waals surface area contributed by atoms with Crippen LogP contribution in [0.3, 0.4) is 0 Å². The largest absolute Gasteiger partial charge is 0.496 e. The van der Waals surface area contributed by atoms with Gasteiger partial charge in [-0.05, 0) is 31.9 Å². The van der Waals surface area contributed by atoms with Crippen LogP contribution in [-0.4, -0.2) is 67.5 Å². The molecule has 1 aromatic carbocycles. The molecule has 3 rings (SSSR count). The van der Waals surface area contributed by atoms with Gasteiger partial charge in [0, 0.05) is 37.4 Å². The smallest absolute Gasteiger partial charge is 0.322 e. The van der Waals surface area contributed by atoms with E-state index in [9.17, 15) is 14.7 Å². The number of imide groups is 1. The second kappa shape index (κ2) is 7.92. The van der Waals surface area contributed by atoms with E-state index in [2.05, 4.69) is 28.5 Å². The van der Waals surface area contributed by atoms with Gasteiger partial charge in [-0.15, -0.1) is 0 Å². The Hall–Kier alpha value is -2.32. The summed E-state index contributed by atoms with van der Waals surface area (Å²) in [4.78, 5) is 27.0. The maximum atomic E-state index is 11.6. The summed E-state index contributed by atoms with van der Waals surface area (Å²) >= 11 is 0. The molecule has 2 aliphatic heterocycles. The molecule has 0 spiro atoms. The molecule has 26 heavy (non-hydrogen) atoms. The predicted octanol–water partition coefficient (Wildman–Crippen LogP) is 0.432. The highest BCUT2D eigenvalue weighted by Crippen LogP contribution is 2.29. The predicted molar refractivity (Wildman–Crippen MR) is 97.2 cm³/mol. The van der Waals surface area contributed by atoms with Gasteiger partial charge in [0.2, 0.25) is 0 Å². The number of nitrogens with zero attached hydrogens (tertiary/aromatic N) is 2. The van der Waals surface area contributed by atoms with E-state index in [0.29, 0.717) is 12.8 Å². The van der Waals surface area contributed by atoms with Crippen molar-refractivity contribution < 1.29 is 19.4 Å². The monoisotopic (exact) mass is 362 g/mol. The molecule has 8 heteroatoms. The summed E-state index contributed by atoms with van der Waals surface area (Å²) in [7, 11) is 1.67. The van der Waals surface area contributed by atoms with Crippen molar-refractivity contribution in [2.75, 3.05) is 38.2 Å². The molecular formula is C18H26N4O4. The third-order valence-corrected chi connectivity index (χ3v) is 5.12. The molecule has 3 N–H and O–H groups in total. The summed E-state index contributed by atoms with van der Waals surface area (Å²) in [6, 6.07) is 5.03. The van der Waals surface area contributed by atoms with Crippen molar-refractivity contribution in [2.24, 2.45) is 0 Å². The number of amides is 3. The molecule has 0 aliphatic carbocycles. The number of hydrogen-bond acceptors (Lipinski definition) is 6. The normalized spacial score (nSPS) is 22.1. The first-order valence-electron chi connectivity index (χ1n) is 8.91. The van der Waals surface area contributed by atoms with E-state index in [1.165, 1.54) is 0 Å². The van der Waals surface area contributed by atoms with Gasteiger partial charge < -0.3 is 20.1 Å². The summed E-state index contributed by atoms with van der Waals surface area (Å²) in [5, 5.41) is 15.2. The fourth-order valence-electron chi connectivity index (χ4n) is 3.59. The van der Waals surface area contributed by atoms with E-state index in [1.807, 2.05) is 17.0 Å². The number of ether oxygens (including phenoxy) is 1. The Kier molecular flexibility index (Phi) is 5.63. The molecular weight excluding hydrogens is 336 g/mol. The second-order valence-corrected chi connectivity index (χ2v) is 6.70. The van der Waals surface area contributed by atoms with Crippen molar-refractivity contribution in [3.8, 4) is 5.75 Å². The van der Waals surface area contributed by atoms with Gasteiger partial charge in [0.25, 0.3) is 5.91 Å². The number of nitrogens with one attached hydrogen (secondary N) is 2. The van der Waals surface area contributed by atoms with Crippen LogP contribution >= 0.6 is 0 Å². The van der Waals surface area contributed by atoms with E-state index in [-0.39, 0.29) is 5.91 Å². The number of carbonyl (C=O) groups excluding carboxylic acids is 2. The van der Waals surface area contributed by atoms with Gasteiger partial charge in [0.15, 0.2) is 0 Å². The van der Waals surface area contributed by atoms with Crippen molar-refractivity contribution in [3.63, 3.8) is 0 Å². The highest BCUT2D eigenvalue weighted by molar-refractivity contribution is 6.04. The van der Waals surface area contributed by atoms with Gasteiger partial charge in [0.1, 0.15) is 18.0 Å². The lowest BCUT2D eigenvalue weighted by molar-refractivity contribution is -0.120. The zero-order valence-electron chi connectivity index (χ0n) is 15.2. The van der Waals surface area contributed by atoms with Crippen LogP contribution in [0.4, 0.5) is 10.5 Å². The first-order chi connectivity index (χ1) is 12.5. The lowest BCUT2D eigenvalue weighted by atomic mass is 10.1. The lowest BCUT2D eigenvalue weighted by Crippen LogP contribution is -2.51. The number of aliphatic hydroxyl groups excluding tert-OH is 1. The Morgan fingerprint density at radius 2 is 2.00 bits per heavy atom. The Morgan fingerprint density at radius 3 is 2.62 bits per heavy atom. The Bertz CT molecular complexity index is 673. The number of piperazine rings is 1. The molecule has 8 nitrogen and oxygen atoms in total. The summed E-state index contributed by atoms with van der Waals surface area (Å²) in [6.45, 7) is 5.15. The molecule has 3 amide bonds. The zero-order valence-corrected chi connectivity index (χ0v) is 15.2. The molecule has 1 aromatic rings. The van der Waals surface area contributed by atoms with E-state index in [0.717, 1.165) is 43.2 Å². The molecule has 1 unspecified atom stereocenters. The number of benzene rings is 1. The van der Waals surface area contributed by atoms with Crippen molar-refractivity contribution in [1.82, 2.24) is 15.5 Å². The Morgan fingerprint density at radius 1 is 1.27 bits per heavy atom. The molecule has 2 heterocycles. The van der Waals surface area contributed by atoms with Crippen molar-refractivity contribution in [1.29, 1.82) is 0 Å². The molecule has 0 saturated carbocycles. The van der Waals surface area contributed by atoms with Crippen LogP contribution in [0, 0.1) is 6.92 Å². The number of hydrogen-bond donors (Lipinski definition) is 3. The van der Waals surface area contributed by atoms with Crippen molar-refractivity contribution >= 4 is 17.6 Å². The molecule has 0 radical (unpaired) electrons. The maximum Gasteiger partial charge on any atom is 0.322 e. The highest BCUT2D eigenvalue weighted by Gasteiger charge is 2.31. The van der Waals surface area contributed by atoms with Crippen LogP contribution in [0.5, 0.6) is 5.75 Å². The van der Waals surface area contributed by atoms with Crippen LogP contribution < -0.4 is 20.3 Å². The van der Waals surface area contributed by atoms with Crippen LogP contribution in [0.1, 0.15) is 18.4 Å². The molecule has 2 atom stereocenters. The summed E-state index contributed by atoms with van der Waals surface area (Å²) in [5.41, 5.74) is 2.27. The molecule has 0 aromatic heterocycles. The maximum absolute atomic E-state index is 11.6. The number of aliphatic hydroxyl groups is 1. The summed E-state index contributed by atoms with van der Waals surface area (Å²) in [5.74, 6) is 0.558.